The highest BCUT2D eigenvalue weighted by atomic mass is 32.2. The summed E-state index contributed by atoms with van der Waals surface area (Å²) in [6, 6.07) is 4.62. The van der Waals surface area contributed by atoms with Crippen LogP contribution in [0.5, 0.6) is 5.75 Å². The second-order valence-electron chi connectivity index (χ2n) is 7.83. The number of fused-ring (bicyclic) bond motifs is 3. The number of alkyl halides is 6. The van der Waals surface area contributed by atoms with Gasteiger partial charge < -0.3 is 15.2 Å². The summed E-state index contributed by atoms with van der Waals surface area (Å²) >= 11 is 0. The van der Waals surface area contributed by atoms with Crippen molar-refractivity contribution in [3.8, 4) is 5.75 Å². The summed E-state index contributed by atoms with van der Waals surface area (Å²) in [5.74, 6) is -1.21. The van der Waals surface area contributed by atoms with Crippen molar-refractivity contribution < 1.29 is 49.0 Å². The van der Waals surface area contributed by atoms with Crippen molar-refractivity contribution in [2.45, 2.75) is 40.1 Å². The molecule has 2 aromatic rings. The van der Waals surface area contributed by atoms with Crippen LogP contribution in [0.1, 0.15) is 17.5 Å². The summed E-state index contributed by atoms with van der Waals surface area (Å²) in [6.07, 6.45) is -12.3. The summed E-state index contributed by atoms with van der Waals surface area (Å²) < 4.78 is 124. The van der Waals surface area contributed by atoms with E-state index in [-0.39, 0.29) is 30.0 Å². The van der Waals surface area contributed by atoms with Crippen molar-refractivity contribution in [2.24, 2.45) is 0 Å². The van der Waals surface area contributed by atoms with Gasteiger partial charge >= 0.3 is 12.4 Å². The molecular weight excluding hydrogens is 483 g/mol. The van der Waals surface area contributed by atoms with Crippen LogP contribution in [0.15, 0.2) is 47.4 Å². The van der Waals surface area contributed by atoms with Crippen LogP contribution in [-0.2, 0) is 20.2 Å². The Morgan fingerprint density at radius 1 is 1.00 bits per heavy atom. The number of hydrogen-bond donors (Lipinski definition) is 2. The van der Waals surface area contributed by atoms with E-state index >= 15 is 0 Å². The second kappa shape index (κ2) is 7.31. The van der Waals surface area contributed by atoms with Gasteiger partial charge in [0.05, 0.1) is 10.9 Å². The molecule has 2 heterocycles. The molecule has 2 N–H and O–H groups in total. The molecular formula is C20H16F7NO4S. The van der Waals surface area contributed by atoms with E-state index < -0.39 is 55.7 Å². The molecule has 2 aliphatic rings. The highest BCUT2D eigenvalue weighted by molar-refractivity contribution is 7.92. The van der Waals surface area contributed by atoms with E-state index in [1.165, 1.54) is 0 Å². The topological polar surface area (TPSA) is 75.6 Å². The summed E-state index contributed by atoms with van der Waals surface area (Å²) in [4.78, 5) is -0.267. The molecule has 13 heteroatoms. The molecule has 4 rings (SSSR count). The normalized spacial score (nSPS) is 23.6. The Bertz CT molecular complexity index is 1160. The summed E-state index contributed by atoms with van der Waals surface area (Å²) in [7, 11) is -4.31. The lowest BCUT2D eigenvalue weighted by Crippen LogP contribution is -2.54. The molecule has 2 atom stereocenters. The molecule has 5 nitrogen and oxygen atoms in total. The predicted molar refractivity (Wildman–Crippen MR) is 99.6 cm³/mol. The Hall–Kier alpha value is -2.38. The Balaban J connectivity index is 1.92. The number of hydrogen-bond acceptors (Lipinski definition) is 5. The van der Waals surface area contributed by atoms with Crippen LogP contribution >= 0.6 is 0 Å². The maximum absolute atomic E-state index is 13.6. The molecule has 0 radical (unpaired) electrons. The molecule has 0 bridgehead atoms. The minimum absolute atomic E-state index is 0.0596. The van der Waals surface area contributed by atoms with E-state index in [1.54, 1.807) is 0 Å². The van der Waals surface area contributed by atoms with Crippen LogP contribution in [-0.4, -0.2) is 45.1 Å². The molecule has 0 aromatic heterocycles. The number of aliphatic hydroxyl groups is 1. The van der Waals surface area contributed by atoms with Gasteiger partial charge in [0.25, 0.3) is 5.60 Å². The first-order valence-electron chi connectivity index (χ1n) is 9.53. The Morgan fingerprint density at radius 3 is 2.18 bits per heavy atom. The predicted octanol–water partition coefficient (Wildman–Crippen LogP) is 3.56. The first-order chi connectivity index (χ1) is 15.2. The summed E-state index contributed by atoms with van der Waals surface area (Å²) in [6.45, 7) is -0.196. The maximum Gasteiger partial charge on any atom is 0.430 e. The zero-order chi connectivity index (χ0) is 24.4. The van der Waals surface area contributed by atoms with E-state index in [0.717, 1.165) is 30.3 Å². The van der Waals surface area contributed by atoms with Crippen molar-refractivity contribution in [2.75, 3.05) is 13.2 Å². The van der Waals surface area contributed by atoms with Crippen LogP contribution in [0.4, 0.5) is 30.7 Å². The number of rotatable bonds is 3. The van der Waals surface area contributed by atoms with Crippen LogP contribution < -0.4 is 10.1 Å². The third kappa shape index (κ3) is 3.23. The van der Waals surface area contributed by atoms with E-state index in [4.69, 9.17) is 4.74 Å². The number of halogens is 7. The van der Waals surface area contributed by atoms with Crippen LogP contribution in [0, 0.1) is 5.82 Å². The third-order valence-electron chi connectivity index (χ3n) is 6.13. The van der Waals surface area contributed by atoms with Crippen molar-refractivity contribution in [3.05, 3.63) is 59.4 Å². The minimum Gasteiger partial charge on any atom is -0.492 e. The zero-order valence-corrected chi connectivity index (χ0v) is 17.3. The van der Waals surface area contributed by atoms with Gasteiger partial charge in [-0.05, 0) is 43.3 Å². The van der Waals surface area contributed by atoms with Crippen LogP contribution in [0.3, 0.4) is 0 Å². The quantitative estimate of drug-likeness (QED) is 0.499. The zero-order valence-electron chi connectivity index (χ0n) is 16.5. The third-order valence-corrected chi connectivity index (χ3v) is 8.70. The highest BCUT2D eigenvalue weighted by Crippen LogP contribution is 2.54. The molecule has 33 heavy (non-hydrogen) atoms. The standard InChI is InChI=1S/C20H16F7NO4S/c21-12-2-4-13(5-3-12)33(30,31)17-7-8-28-16(17)10-32-15-9-11(1-6-14(15)17)18(29,19(22,23)24)20(25,26)27/h1-6,9,16,28-29H,7-8,10H2. The molecule has 2 aromatic carbocycles. The molecule has 0 saturated carbocycles. The van der Waals surface area contributed by atoms with Crippen molar-refractivity contribution in [1.82, 2.24) is 5.32 Å². The van der Waals surface area contributed by atoms with Gasteiger partial charge in [0, 0.05) is 11.1 Å². The molecule has 2 unspecified atom stereocenters. The van der Waals surface area contributed by atoms with Crippen LogP contribution in [0.25, 0.3) is 0 Å². The van der Waals surface area contributed by atoms with Gasteiger partial charge in [-0.3, -0.25) is 0 Å². The van der Waals surface area contributed by atoms with Crippen molar-refractivity contribution >= 4 is 9.84 Å². The van der Waals surface area contributed by atoms with E-state index in [0.29, 0.717) is 12.1 Å². The largest absolute Gasteiger partial charge is 0.492 e. The summed E-state index contributed by atoms with van der Waals surface area (Å²) in [5.41, 5.74) is -6.89. The van der Waals surface area contributed by atoms with Gasteiger partial charge in [-0.2, -0.15) is 26.3 Å². The minimum atomic E-state index is -6.11. The van der Waals surface area contributed by atoms with Crippen molar-refractivity contribution in [1.29, 1.82) is 0 Å². The first kappa shape index (κ1) is 23.8. The molecule has 180 valence electrons. The molecule has 0 aliphatic carbocycles. The Labute approximate surface area is 183 Å². The van der Waals surface area contributed by atoms with Gasteiger partial charge in [-0.15, -0.1) is 0 Å². The lowest BCUT2D eigenvalue weighted by atomic mass is 9.84. The van der Waals surface area contributed by atoms with Gasteiger partial charge in [0.2, 0.25) is 0 Å². The van der Waals surface area contributed by atoms with Crippen molar-refractivity contribution in [3.63, 3.8) is 0 Å². The first-order valence-corrected chi connectivity index (χ1v) is 11.0. The van der Waals surface area contributed by atoms with Gasteiger partial charge in [0.1, 0.15) is 22.9 Å². The Morgan fingerprint density at radius 2 is 1.61 bits per heavy atom. The molecule has 1 fully saturated rings. The molecule has 2 aliphatic heterocycles. The average molecular weight is 499 g/mol. The lowest BCUT2D eigenvalue weighted by Gasteiger charge is -2.40. The monoisotopic (exact) mass is 499 g/mol. The van der Waals surface area contributed by atoms with Gasteiger partial charge in [-0.1, -0.05) is 12.1 Å². The maximum atomic E-state index is 13.6. The highest BCUT2D eigenvalue weighted by Gasteiger charge is 2.71. The fourth-order valence-corrected chi connectivity index (χ4v) is 6.72. The van der Waals surface area contributed by atoms with Gasteiger partial charge in [0.15, 0.2) is 9.84 Å². The van der Waals surface area contributed by atoms with Gasteiger partial charge in [-0.25, -0.2) is 12.8 Å². The summed E-state index contributed by atoms with van der Waals surface area (Å²) in [5, 5.41) is 12.6. The second-order valence-corrected chi connectivity index (χ2v) is 10.0. The smallest absolute Gasteiger partial charge is 0.430 e. The van der Waals surface area contributed by atoms with Crippen LogP contribution in [0.2, 0.25) is 0 Å². The molecule has 1 saturated heterocycles. The fourth-order valence-electron chi connectivity index (χ4n) is 4.46. The van der Waals surface area contributed by atoms with E-state index in [9.17, 15) is 44.3 Å². The number of benzene rings is 2. The average Bonchev–Trinajstić information content (AvgIpc) is 3.17. The van der Waals surface area contributed by atoms with E-state index in [1.807, 2.05) is 0 Å². The molecule has 0 spiro atoms. The van der Waals surface area contributed by atoms with E-state index in [2.05, 4.69) is 5.32 Å². The SMILES string of the molecule is O=S(=O)(c1ccc(F)cc1)C12CCNC1COc1cc(C(O)(C(F)(F)F)C(F)(F)F)ccc12. The fraction of sp³-hybridized carbons (Fsp3) is 0.400. The Kier molecular flexibility index (Phi) is 5.26. The molecule has 0 amide bonds. The number of sulfone groups is 1. The lowest BCUT2D eigenvalue weighted by molar-refractivity contribution is -0.376. The number of nitrogens with one attached hydrogen (secondary N) is 1. The number of ether oxygens (including phenoxy) is 1.